The summed E-state index contributed by atoms with van der Waals surface area (Å²) in [5.74, 6) is 0.698. The van der Waals surface area contributed by atoms with Gasteiger partial charge in [-0.1, -0.05) is 13.8 Å². The van der Waals surface area contributed by atoms with Gasteiger partial charge in [0.25, 0.3) is 5.56 Å². The lowest BCUT2D eigenvalue weighted by Crippen LogP contribution is -2.26. The van der Waals surface area contributed by atoms with Crippen molar-refractivity contribution >= 4 is 0 Å². The lowest BCUT2D eigenvalue weighted by molar-refractivity contribution is 0.620. The molecule has 1 unspecified atom stereocenters. The summed E-state index contributed by atoms with van der Waals surface area (Å²) in [5.41, 5.74) is 7.38. The van der Waals surface area contributed by atoms with E-state index in [0.29, 0.717) is 18.7 Å². The first-order valence-corrected chi connectivity index (χ1v) is 5.42. The van der Waals surface area contributed by atoms with Crippen molar-refractivity contribution < 1.29 is 0 Å². The van der Waals surface area contributed by atoms with Gasteiger partial charge in [0.15, 0.2) is 0 Å². The molecule has 0 aliphatic carbocycles. The van der Waals surface area contributed by atoms with Gasteiger partial charge >= 0.3 is 0 Å². The van der Waals surface area contributed by atoms with Gasteiger partial charge < -0.3 is 10.7 Å². The highest BCUT2D eigenvalue weighted by Crippen LogP contribution is 2.02. The molecule has 0 amide bonds. The highest BCUT2D eigenvalue weighted by Gasteiger charge is 2.08. The van der Waals surface area contributed by atoms with Crippen LogP contribution in [0.5, 0.6) is 0 Å². The zero-order valence-corrected chi connectivity index (χ0v) is 9.63. The average Bonchev–Trinajstić information content (AvgIpc) is 2.17. The average molecular weight is 209 g/mol. The summed E-state index contributed by atoms with van der Waals surface area (Å²) in [4.78, 5) is 18.8. The van der Waals surface area contributed by atoms with E-state index < -0.39 is 0 Å². The molecule has 3 N–H and O–H groups in total. The first kappa shape index (κ1) is 11.9. The van der Waals surface area contributed by atoms with Gasteiger partial charge in [-0.2, -0.15) is 0 Å². The van der Waals surface area contributed by atoms with Gasteiger partial charge in [0.1, 0.15) is 5.82 Å². The molecule has 0 aliphatic heterocycles. The van der Waals surface area contributed by atoms with Crippen LogP contribution in [0.15, 0.2) is 4.79 Å². The number of aryl methyl sites for hydroxylation is 1. The fourth-order valence-electron chi connectivity index (χ4n) is 1.57. The minimum Gasteiger partial charge on any atom is -0.327 e. The first-order chi connectivity index (χ1) is 7.08. The van der Waals surface area contributed by atoms with E-state index in [1.807, 2.05) is 20.8 Å². The Morgan fingerprint density at radius 1 is 1.47 bits per heavy atom. The van der Waals surface area contributed by atoms with Crippen LogP contribution < -0.4 is 11.3 Å². The molecule has 1 heterocycles. The van der Waals surface area contributed by atoms with Crippen LogP contribution in [0, 0.1) is 6.92 Å². The lowest BCUT2D eigenvalue weighted by atomic mass is 10.1. The Hall–Kier alpha value is -1.16. The van der Waals surface area contributed by atoms with Crippen LogP contribution in [-0.4, -0.2) is 16.0 Å². The molecule has 0 fully saturated rings. The second-order valence-corrected chi connectivity index (χ2v) is 3.80. The fraction of sp³-hybridized carbons (Fsp3) is 0.636. The number of hydrogen-bond donors (Lipinski definition) is 2. The number of nitrogens with zero attached hydrogens (tertiary/aromatic N) is 1. The van der Waals surface area contributed by atoms with Crippen LogP contribution in [0.1, 0.15) is 37.4 Å². The molecular weight excluding hydrogens is 190 g/mol. The largest absolute Gasteiger partial charge is 0.327 e. The molecule has 0 aliphatic rings. The summed E-state index contributed by atoms with van der Waals surface area (Å²) in [5, 5.41) is 0. The SMILES string of the molecule is CCc1c(C)nc(CC(N)CC)[nH]c1=O. The van der Waals surface area contributed by atoms with Crippen molar-refractivity contribution in [2.45, 2.75) is 46.1 Å². The molecule has 0 saturated carbocycles. The predicted octanol–water partition coefficient (Wildman–Crippen LogP) is 0.921. The minimum absolute atomic E-state index is 0.0247. The maximum atomic E-state index is 11.6. The number of aromatic amines is 1. The van der Waals surface area contributed by atoms with E-state index in [0.717, 1.165) is 17.7 Å². The molecule has 84 valence electrons. The maximum Gasteiger partial charge on any atom is 0.254 e. The summed E-state index contributed by atoms with van der Waals surface area (Å²) in [6.45, 7) is 5.85. The van der Waals surface area contributed by atoms with Crippen molar-refractivity contribution in [1.29, 1.82) is 0 Å². The number of rotatable bonds is 4. The van der Waals surface area contributed by atoms with Gasteiger partial charge in [0.2, 0.25) is 0 Å². The monoisotopic (exact) mass is 209 g/mol. The fourth-order valence-corrected chi connectivity index (χ4v) is 1.57. The normalized spacial score (nSPS) is 12.8. The van der Waals surface area contributed by atoms with Crippen LogP contribution in [0.25, 0.3) is 0 Å². The summed E-state index contributed by atoms with van der Waals surface area (Å²) in [7, 11) is 0. The molecule has 1 aromatic heterocycles. The molecule has 0 saturated heterocycles. The van der Waals surface area contributed by atoms with Crippen molar-refractivity contribution in [2.24, 2.45) is 5.73 Å². The summed E-state index contributed by atoms with van der Waals surface area (Å²) in [6, 6.07) is 0.0695. The van der Waals surface area contributed by atoms with Crippen LogP contribution >= 0.6 is 0 Å². The van der Waals surface area contributed by atoms with Crippen molar-refractivity contribution in [1.82, 2.24) is 9.97 Å². The van der Waals surface area contributed by atoms with Gasteiger partial charge in [-0.05, 0) is 19.8 Å². The molecule has 1 rings (SSSR count). The van der Waals surface area contributed by atoms with Crippen LogP contribution in [0.3, 0.4) is 0 Å². The standard InChI is InChI=1S/C11H19N3O/c1-4-8(12)6-10-13-7(3)9(5-2)11(15)14-10/h8H,4-6,12H2,1-3H3,(H,13,14,15). The molecule has 0 radical (unpaired) electrons. The molecule has 4 heteroatoms. The molecule has 1 aromatic rings. The van der Waals surface area contributed by atoms with Gasteiger partial charge in [-0.25, -0.2) is 4.98 Å². The number of aromatic nitrogens is 2. The molecule has 15 heavy (non-hydrogen) atoms. The molecule has 4 nitrogen and oxygen atoms in total. The highest BCUT2D eigenvalue weighted by molar-refractivity contribution is 5.16. The van der Waals surface area contributed by atoms with E-state index >= 15 is 0 Å². The number of nitrogens with one attached hydrogen (secondary N) is 1. The van der Waals surface area contributed by atoms with E-state index in [2.05, 4.69) is 9.97 Å². The van der Waals surface area contributed by atoms with Gasteiger partial charge in [-0.15, -0.1) is 0 Å². The second-order valence-electron chi connectivity index (χ2n) is 3.80. The van der Waals surface area contributed by atoms with Gasteiger partial charge in [0.05, 0.1) is 0 Å². The van der Waals surface area contributed by atoms with E-state index in [1.54, 1.807) is 0 Å². The molecule has 0 spiro atoms. The van der Waals surface area contributed by atoms with Crippen molar-refractivity contribution in [3.05, 3.63) is 27.4 Å². The number of nitrogens with two attached hydrogens (primary N) is 1. The predicted molar refractivity (Wildman–Crippen MR) is 60.9 cm³/mol. The summed E-state index contributed by atoms with van der Waals surface area (Å²) in [6.07, 6.45) is 2.24. The maximum absolute atomic E-state index is 11.6. The van der Waals surface area contributed by atoms with E-state index in [-0.39, 0.29) is 11.6 Å². The third kappa shape index (κ3) is 2.89. The van der Waals surface area contributed by atoms with E-state index in [4.69, 9.17) is 5.73 Å². The zero-order valence-electron chi connectivity index (χ0n) is 9.63. The van der Waals surface area contributed by atoms with Crippen molar-refractivity contribution in [2.75, 3.05) is 0 Å². The van der Waals surface area contributed by atoms with Crippen LogP contribution in [0.4, 0.5) is 0 Å². The third-order valence-corrected chi connectivity index (χ3v) is 2.60. The molecular formula is C11H19N3O. The summed E-state index contributed by atoms with van der Waals surface area (Å²) < 4.78 is 0. The van der Waals surface area contributed by atoms with Crippen molar-refractivity contribution in [3.8, 4) is 0 Å². The number of hydrogen-bond acceptors (Lipinski definition) is 3. The topological polar surface area (TPSA) is 71.8 Å². The zero-order chi connectivity index (χ0) is 11.4. The summed E-state index contributed by atoms with van der Waals surface area (Å²) >= 11 is 0. The molecule has 0 bridgehead atoms. The highest BCUT2D eigenvalue weighted by atomic mass is 16.1. The Bertz CT molecular complexity index is 384. The Morgan fingerprint density at radius 2 is 2.13 bits per heavy atom. The Balaban J connectivity index is 2.99. The Kier molecular flexibility index (Phi) is 4.03. The number of H-pyrrole nitrogens is 1. The first-order valence-electron chi connectivity index (χ1n) is 5.42. The minimum atomic E-state index is -0.0247. The quantitative estimate of drug-likeness (QED) is 0.774. The lowest BCUT2D eigenvalue weighted by Gasteiger charge is -2.09. The van der Waals surface area contributed by atoms with Gasteiger partial charge in [0, 0.05) is 23.7 Å². The molecule has 0 aromatic carbocycles. The van der Waals surface area contributed by atoms with Gasteiger partial charge in [-0.3, -0.25) is 4.79 Å². The second kappa shape index (κ2) is 5.07. The van der Waals surface area contributed by atoms with E-state index in [9.17, 15) is 4.79 Å². The molecule has 1 atom stereocenters. The Labute approximate surface area is 89.9 Å². The van der Waals surface area contributed by atoms with Crippen LogP contribution in [-0.2, 0) is 12.8 Å². The smallest absolute Gasteiger partial charge is 0.254 e. The van der Waals surface area contributed by atoms with Crippen LogP contribution in [0.2, 0.25) is 0 Å². The van der Waals surface area contributed by atoms with Crippen molar-refractivity contribution in [3.63, 3.8) is 0 Å². The Morgan fingerprint density at radius 3 is 2.60 bits per heavy atom. The third-order valence-electron chi connectivity index (χ3n) is 2.60. The van der Waals surface area contributed by atoms with E-state index in [1.165, 1.54) is 0 Å².